The molecule has 114 valence electrons. The van der Waals surface area contributed by atoms with Gasteiger partial charge in [-0.25, -0.2) is 0 Å². The lowest BCUT2D eigenvalue weighted by atomic mass is 9.93. The number of benzene rings is 1. The first-order valence-electron chi connectivity index (χ1n) is 6.42. The van der Waals surface area contributed by atoms with Gasteiger partial charge in [-0.15, -0.1) is 0 Å². The lowest BCUT2D eigenvalue weighted by Gasteiger charge is -2.17. The second-order valence-corrected chi connectivity index (χ2v) is 4.72. The highest BCUT2D eigenvalue weighted by Gasteiger charge is 2.37. The zero-order chi connectivity index (χ0) is 15.9. The van der Waals surface area contributed by atoms with Crippen molar-refractivity contribution in [1.29, 1.82) is 0 Å². The second kappa shape index (κ2) is 5.19. The standard InChI is InChI=1S/C15H12O7/c1-20-14(19)11-8(17)5-6-21-15-12(11)13(18)10-7(16)3-2-4-9(10)22-15/h2-6,8,11,16-17H,1H3. The minimum atomic E-state index is -1.32. The molecule has 0 saturated carbocycles. The number of ether oxygens (including phenoxy) is 2. The number of carbonyl (C=O) groups is 1. The predicted octanol–water partition coefficient (Wildman–Crippen LogP) is 1.02. The molecule has 2 aromatic rings. The molecular formula is C15H12O7. The van der Waals surface area contributed by atoms with Gasteiger partial charge in [0.25, 0.3) is 5.95 Å². The lowest BCUT2D eigenvalue weighted by Crippen LogP contribution is -2.30. The first kappa shape index (κ1) is 14.2. The van der Waals surface area contributed by atoms with E-state index in [2.05, 4.69) is 4.74 Å². The van der Waals surface area contributed by atoms with Crippen LogP contribution in [0.4, 0.5) is 0 Å². The van der Waals surface area contributed by atoms with E-state index in [1.807, 2.05) is 0 Å². The summed E-state index contributed by atoms with van der Waals surface area (Å²) in [5.74, 6) is -2.62. The normalized spacial score (nSPS) is 20.1. The topological polar surface area (TPSA) is 106 Å². The predicted molar refractivity (Wildman–Crippen MR) is 74.7 cm³/mol. The number of fused-ring (bicyclic) bond motifs is 2. The first-order chi connectivity index (χ1) is 10.5. The summed E-state index contributed by atoms with van der Waals surface area (Å²) in [7, 11) is 1.14. The molecule has 1 aromatic heterocycles. The van der Waals surface area contributed by atoms with Crippen molar-refractivity contribution in [2.45, 2.75) is 12.0 Å². The van der Waals surface area contributed by atoms with Gasteiger partial charge in [-0.1, -0.05) is 6.07 Å². The smallest absolute Gasteiger partial charge is 0.316 e. The zero-order valence-electron chi connectivity index (χ0n) is 11.5. The maximum Gasteiger partial charge on any atom is 0.316 e. The van der Waals surface area contributed by atoms with E-state index in [1.54, 1.807) is 0 Å². The van der Waals surface area contributed by atoms with Gasteiger partial charge in [-0.05, 0) is 18.2 Å². The summed E-state index contributed by atoms with van der Waals surface area (Å²) < 4.78 is 15.3. The number of aliphatic hydroxyl groups is 1. The molecule has 0 bridgehead atoms. The fraction of sp³-hybridized carbons (Fsp3) is 0.200. The van der Waals surface area contributed by atoms with Gasteiger partial charge in [0.1, 0.15) is 22.6 Å². The number of aromatic hydroxyl groups is 1. The van der Waals surface area contributed by atoms with Gasteiger partial charge in [0.05, 0.1) is 25.0 Å². The van der Waals surface area contributed by atoms with Crippen LogP contribution in [-0.4, -0.2) is 29.4 Å². The van der Waals surface area contributed by atoms with E-state index < -0.39 is 23.4 Å². The highest BCUT2D eigenvalue weighted by Crippen LogP contribution is 2.35. The SMILES string of the molecule is COC(=O)C1c2c(oc3cccc(O)c3c2=O)OC=CC1O. The maximum absolute atomic E-state index is 12.7. The van der Waals surface area contributed by atoms with Crippen molar-refractivity contribution in [2.24, 2.45) is 0 Å². The summed E-state index contributed by atoms with van der Waals surface area (Å²) in [5, 5.41) is 19.8. The lowest BCUT2D eigenvalue weighted by molar-refractivity contribution is -0.144. The average Bonchev–Trinajstić information content (AvgIpc) is 2.65. The van der Waals surface area contributed by atoms with Crippen LogP contribution in [0.5, 0.6) is 11.7 Å². The minimum Gasteiger partial charge on any atom is -0.507 e. The number of phenolic OH excluding ortho intramolecular Hbond substituents is 1. The number of carbonyl (C=O) groups excluding carboxylic acids is 1. The van der Waals surface area contributed by atoms with Gasteiger partial charge in [-0.3, -0.25) is 9.59 Å². The molecule has 1 aromatic carbocycles. The molecular weight excluding hydrogens is 292 g/mol. The van der Waals surface area contributed by atoms with E-state index in [-0.39, 0.29) is 28.2 Å². The van der Waals surface area contributed by atoms with Gasteiger partial charge in [-0.2, -0.15) is 0 Å². The van der Waals surface area contributed by atoms with Crippen molar-refractivity contribution >= 4 is 16.9 Å². The summed E-state index contributed by atoms with van der Waals surface area (Å²) in [6.07, 6.45) is 1.02. The van der Waals surface area contributed by atoms with Gasteiger partial charge in [0.2, 0.25) is 5.43 Å². The number of aliphatic hydroxyl groups excluding tert-OH is 1. The van der Waals surface area contributed by atoms with Gasteiger partial charge in [0.15, 0.2) is 0 Å². The number of hydrogen-bond donors (Lipinski definition) is 2. The number of esters is 1. The maximum atomic E-state index is 12.7. The van der Waals surface area contributed by atoms with E-state index in [0.717, 1.165) is 13.4 Å². The minimum absolute atomic E-state index is 0.0900. The summed E-state index contributed by atoms with van der Waals surface area (Å²) in [4.78, 5) is 24.6. The van der Waals surface area contributed by atoms with Crippen LogP contribution in [0.1, 0.15) is 11.5 Å². The highest BCUT2D eigenvalue weighted by atomic mass is 16.6. The van der Waals surface area contributed by atoms with E-state index in [9.17, 15) is 19.8 Å². The Morgan fingerprint density at radius 2 is 2.14 bits per heavy atom. The average molecular weight is 304 g/mol. The summed E-state index contributed by atoms with van der Waals surface area (Å²) >= 11 is 0. The van der Waals surface area contributed by atoms with Crippen LogP contribution in [-0.2, 0) is 9.53 Å². The van der Waals surface area contributed by atoms with E-state index in [1.165, 1.54) is 24.3 Å². The van der Waals surface area contributed by atoms with Crippen molar-refractivity contribution in [3.8, 4) is 11.7 Å². The Morgan fingerprint density at radius 1 is 1.36 bits per heavy atom. The molecule has 0 aliphatic carbocycles. The van der Waals surface area contributed by atoms with Crippen molar-refractivity contribution in [2.75, 3.05) is 7.11 Å². The molecule has 0 amide bonds. The molecule has 3 rings (SSSR count). The Hall–Kier alpha value is -2.80. The Bertz CT molecular complexity index is 834. The van der Waals surface area contributed by atoms with E-state index >= 15 is 0 Å². The van der Waals surface area contributed by atoms with Crippen molar-refractivity contribution in [3.05, 3.63) is 46.3 Å². The Balaban J connectivity index is 2.38. The Morgan fingerprint density at radius 3 is 2.86 bits per heavy atom. The van der Waals surface area contributed by atoms with Gasteiger partial charge >= 0.3 is 5.97 Å². The third kappa shape index (κ3) is 2.03. The van der Waals surface area contributed by atoms with E-state index in [0.29, 0.717) is 0 Å². The summed E-state index contributed by atoms with van der Waals surface area (Å²) in [6.45, 7) is 0. The summed E-state index contributed by atoms with van der Waals surface area (Å²) in [6, 6.07) is 4.31. The van der Waals surface area contributed by atoms with Crippen LogP contribution < -0.4 is 10.2 Å². The Labute approximate surface area is 124 Å². The molecule has 2 unspecified atom stereocenters. The second-order valence-electron chi connectivity index (χ2n) is 4.72. The van der Waals surface area contributed by atoms with Crippen LogP contribution in [0.3, 0.4) is 0 Å². The number of hydrogen-bond acceptors (Lipinski definition) is 7. The number of rotatable bonds is 1. The highest BCUT2D eigenvalue weighted by molar-refractivity contribution is 5.87. The molecule has 0 spiro atoms. The number of methoxy groups -OCH3 is 1. The third-order valence-corrected chi connectivity index (χ3v) is 3.46. The van der Waals surface area contributed by atoms with Crippen LogP contribution >= 0.6 is 0 Å². The molecule has 0 radical (unpaired) electrons. The largest absolute Gasteiger partial charge is 0.507 e. The molecule has 0 saturated heterocycles. The monoisotopic (exact) mass is 304 g/mol. The first-order valence-corrected chi connectivity index (χ1v) is 6.42. The molecule has 2 heterocycles. The third-order valence-electron chi connectivity index (χ3n) is 3.46. The zero-order valence-corrected chi connectivity index (χ0v) is 11.5. The van der Waals surface area contributed by atoms with Crippen LogP contribution in [0.2, 0.25) is 0 Å². The van der Waals surface area contributed by atoms with Crippen molar-refractivity contribution in [3.63, 3.8) is 0 Å². The van der Waals surface area contributed by atoms with Crippen LogP contribution in [0.15, 0.2) is 39.7 Å². The van der Waals surface area contributed by atoms with Crippen molar-refractivity contribution in [1.82, 2.24) is 0 Å². The molecule has 1 aliphatic heterocycles. The molecule has 7 heteroatoms. The number of phenols is 1. The molecule has 2 N–H and O–H groups in total. The Kier molecular flexibility index (Phi) is 3.34. The molecule has 2 atom stereocenters. The quantitative estimate of drug-likeness (QED) is 0.757. The molecule has 0 fully saturated rings. The van der Waals surface area contributed by atoms with Gasteiger partial charge < -0.3 is 24.1 Å². The molecule has 1 aliphatic rings. The van der Waals surface area contributed by atoms with Crippen molar-refractivity contribution < 1.29 is 28.9 Å². The molecule has 7 nitrogen and oxygen atoms in total. The van der Waals surface area contributed by atoms with Crippen LogP contribution in [0, 0.1) is 0 Å². The molecule has 22 heavy (non-hydrogen) atoms. The fourth-order valence-electron chi connectivity index (χ4n) is 2.42. The summed E-state index contributed by atoms with van der Waals surface area (Å²) in [5.41, 5.74) is -0.747. The fourth-order valence-corrected chi connectivity index (χ4v) is 2.42. The van der Waals surface area contributed by atoms with Crippen LogP contribution in [0.25, 0.3) is 11.0 Å². The van der Waals surface area contributed by atoms with E-state index in [4.69, 9.17) is 9.15 Å². The van der Waals surface area contributed by atoms with Gasteiger partial charge in [0, 0.05) is 0 Å².